The Bertz CT molecular complexity index is 691. The predicted molar refractivity (Wildman–Crippen MR) is 79.1 cm³/mol. The van der Waals surface area contributed by atoms with Gasteiger partial charge in [0.05, 0.1) is 18.9 Å². The number of carbonyl (C=O) groups is 1. The maximum Gasteiger partial charge on any atom is 0.411 e. The lowest BCUT2D eigenvalue weighted by atomic mass is 10.2. The highest BCUT2D eigenvalue weighted by Gasteiger charge is 2.28. The van der Waals surface area contributed by atoms with Crippen LogP contribution in [0.4, 0.5) is 13.2 Å². The van der Waals surface area contributed by atoms with Crippen LogP contribution >= 0.6 is 0 Å². The average molecular weight is 340 g/mol. The number of benzene rings is 1. The topological polar surface area (TPSA) is 61.3 Å². The smallest absolute Gasteiger partial charge is 0.411 e. The second kappa shape index (κ2) is 7.87. The molecule has 2 aromatic rings. The molecule has 0 amide bonds. The van der Waals surface area contributed by atoms with E-state index in [9.17, 15) is 18.0 Å². The van der Waals surface area contributed by atoms with Gasteiger partial charge in [-0.25, -0.2) is 14.8 Å². The molecule has 128 valence electrons. The molecule has 0 fully saturated rings. The fourth-order valence-electron chi connectivity index (χ4n) is 1.90. The number of alkyl halides is 3. The number of nitrogens with zero attached hydrogens (tertiary/aromatic N) is 2. The predicted octanol–water partition coefficient (Wildman–Crippen LogP) is 3.40. The molecule has 1 aromatic heterocycles. The molecule has 0 spiro atoms. The highest BCUT2D eigenvalue weighted by molar-refractivity contribution is 5.90. The van der Waals surface area contributed by atoms with Crippen LogP contribution in [0.5, 0.6) is 0 Å². The van der Waals surface area contributed by atoms with E-state index in [1.54, 1.807) is 31.2 Å². The van der Waals surface area contributed by atoms with Gasteiger partial charge in [0.1, 0.15) is 12.2 Å². The first-order valence-electron chi connectivity index (χ1n) is 7.13. The summed E-state index contributed by atoms with van der Waals surface area (Å²) in [5.74, 6) is -0.419. The van der Waals surface area contributed by atoms with Crippen LogP contribution in [0.15, 0.2) is 36.5 Å². The summed E-state index contributed by atoms with van der Waals surface area (Å²) in [6.45, 7) is -0.158. The van der Waals surface area contributed by atoms with Crippen molar-refractivity contribution >= 4 is 5.97 Å². The van der Waals surface area contributed by atoms with E-state index < -0.39 is 25.4 Å². The van der Waals surface area contributed by atoms with Crippen molar-refractivity contribution < 1.29 is 27.4 Å². The second-order valence-corrected chi connectivity index (χ2v) is 4.75. The zero-order valence-corrected chi connectivity index (χ0v) is 12.8. The molecule has 0 aliphatic carbocycles. The Morgan fingerprint density at radius 2 is 1.92 bits per heavy atom. The fraction of sp³-hybridized carbons (Fsp3) is 0.312. The molecule has 5 nitrogen and oxygen atoms in total. The van der Waals surface area contributed by atoms with Gasteiger partial charge in [-0.2, -0.15) is 13.2 Å². The number of rotatable bonds is 6. The molecule has 8 heteroatoms. The van der Waals surface area contributed by atoms with Gasteiger partial charge < -0.3 is 9.47 Å². The molecule has 24 heavy (non-hydrogen) atoms. The summed E-state index contributed by atoms with van der Waals surface area (Å²) in [6, 6.07) is 8.86. The Morgan fingerprint density at radius 1 is 1.21 bits per heavy atom. The summed E-state index contributed by atoms with van der Waals surface area (Å²) < 4.78 is 46.2. The van der Waals surface area contributed by atoms with Crippen LogP contribution in [0.25, 0.3) is 11.4 Å². The van der Waals surface area contributed by atoms with Crippen LogP contribution in [0.1, 0.15) is 23.0 Å². The van der Waals surface area contributed by atoms with E-state index >= 15 is 0 Å². The van der Waals surface area contributed by atoms with Gasteiger partial charge in [-0.3, -0.25) is 0 Å². The van der Waals surface area contributed by atoms with E-state index in [0.717, 1.165) is 0 Å². The standard InChI is InChI=1S/C16H15F3N2O3/c1-2-24-15(22)12-8-20-14(11-6-4-3-5-7-11)21-13(12)9-23-10-16(17,18)19/h3-8H,2,9-10H2,1H3. The van der Waals surface area contributed by atoms with Crippen LogP contribution in [-0.2, 0) is 16.1 Å². The molecular formula is C16H15F3N2O3. The van der Waals surface area contributed by atoms with Gasteiger partial charge in [-0.15, -0.1) is 0 Å². The minimum atomic E-state index is -4.46. The molecule has 1 heterocycles. The maximum atomic E-state index is 12.2. The Labute approximate surface area is 136 Å². The van der Waals surface area contributed by atoms with Gasteiger partial charge in [0.15, 0.2) is 5.82 Å². The van der Waals surface area contributed by atoms with E-state index in [1.165, 1.54) is 6.20 Å². The lowest BCUT2D eigenvalue weighted by molar-refractivity contribution is -0.176. The highest BCUT2D eigenvalue weighted by Crippen LogP contribution is 2.19. The van der Waals surface area contributed by atoms with Gasteiger partial charge in [0, 0.05) is 11.8 Å². The third kappa shape index (κ3) is 5.02. The number of halogens is 3. The van der Waals surface area contributed by atoms with E-state index in [-0.39, 0.29) is 23.7 Å². The van der Waals surface area contributed by atoms with Crippen LogP contribution in [0.3, 0.4) is 0 Å². The van der Waals surface area contributed by atoms with Crippen LogP contribution in [0, 0.1) is 0 Å². The molecule has 0 N–H and O–H groups in total. The molecule has 0 saturated carbocycles. The zero-order chi connectivity index (χ0) is 17.6. The fourth-order valence-corrected chi connectivity index (χ4v) is 1.90. The van der Waals surface area contributed by atoms with Crippen molar-refractivity contribution in [3.8, 4) is 11.4 Å². The number of hydrogen-bond donors (Lipinski definition) is 0. The Kier molecular flexibility index (Phi) is 5.86. The first kappa shape index (κ1) is 17.9. The first-order valence-corrected chi connectivity index (χ1v) is 7.13. The largest absolute Gasteiger partial charge is 0.462 e. The summed E-state index contributed by atoms with van der Waals surface area (Å²) in [6.07, 6.45) is -3.22. The summed E-state index contributed by atoms with van der Waals surface area (Å²) in [4.78, 5) is 20.1. The van der Waals surface area contributed by atoms with Crippen molar-refractivity contribution in [1.82, 2.24) is 9.97 Å². The van der Waals surface area contributed by atoms with Crippen molar-refractivity contribution in [3.05, 3.63) is 47.8 Å². The number of aromatic nitrogens is 2. The minimum Gasteiger partial charge on any atom is -0.462 e. The van der Waals surface area contributed by atoms with E-state index in [1.807, 2.05) is 6.07 Å². The summed E-state index contributed by atoms with van der Waals surface area (Å²) in [5, 5.41) is 0. The molecule has 0 atom stereocenters. The molecule has 0 unspecified atom stereocenters. The Balaban J connectivity index is 2.29. The highest BCUT2D eigenvalue weighted by atomic mass is 19.4. The molecule has 0 aliphatic rings. The first-order chi connectivity index (χ1) is 11.4. The van der Waals surface area contributed by atoms with Gasteiger partial charge in [0.2, 0.25) is 0 Å². The van der Waals surface area contributed by atoms with Gasteiger partial charge in [-0.1, -0.05) is 30.3 Å². The van der Waals surface area contributed by atoms with Crippen molar-refractivity contribution in [1.29, 1.82) is 0 Å². The van der Waals surface area contributed by atoms with Crippen LogP contribution in [-0.4, -0.2) is 35.3 Å². The summed E-state index contributed by atoms with van der Waals surface area (Å²) in [5.41, 5.74) is 0.704. The lowest BCUT2D eigenvalue weighted by Gasteiger charge is -2.11. The molecule has 0 saturated heterocycles. The number of hydrogen-bond acceptors (Lipinski definition) is 5. The normalized spacial score (nSPS) is 11.3. The minimum absolute atomic E-state index is 0.0151. The summed E-state index contributed by atoms with van der Waals surface area (Å²) >= 11 is 0. The number of carbonyl (C=O) groups excluding carboxylic acids is 1. The van der Waals surface area contributed by atoms with Crippen LogP contribution in [0.2, 0.25) is 0 Å². The molecule has 2 rings (SSSR count). The van der Waals surface area contributed by atoms with Crippen molar-refractivity contribution in [3.63, 3.8) is 0 Å². The van der Waals surface area contributed by atoms with Crippen LogP contribution < -0.4 is 0 Å². The van der Waals surface area contributed by atoms with E-state index in [2.05, 4.69) is 14.7 Å². The molecule has 0 bridgehead atoms. The summed E-state index contributed by atoms with van der Waals surface area (Å²) in [7, 11) is 0. The molecule has 0 aliphatic heterocycles. The van der Waals surface area contributed by atoms with Gasteiger partial charge >= 0.3 is 12.1 Å². The molecule has 1 aromatic carbocycles. The second-order valence-electron chi connectivity index (χ2n) is 4.75. The maximum absolute atomic E-state index is 12.2. The van der Waals surface area contributed by atoms with Crippen molar-refractivity contribution in [2.24, 2.45) is 0 Å². The van der Waals surface area contributed by atoms with E-state index in [4.69, 9.17) is 4.74 Å². The van der Waals surface area contributed by atoms with Crippen molar-refractivity contribution in [2.75, 3.05) is 13.2 Å². The van der Waals surface area contributed by atoms with Gasteiger partial charge in [-0.05, 0) is 6.92 Å². The quantitative estimate of drug-likeness (QED) is 0.754. The van der Waals surface area contributed by atoms with Crippen molar-refractivity contribution in [2.45, 2.75) is 19.7 Å². The number of ether oxygens (including phenoxy) is 2. The third-order valence-electron chi connectivity index (χ3n) is 2.90. The lowest BCUT2D eigenvalue weighted by Crippen LogP contribution is -2.18. The van der Waals surface area contributed by atoms with E-state index in [0.29, 0.717) is 5.56 Å². The Morgan fingerprint density at radius 3 is 2.54 bits per heavy atom. The molecular weight excluding hydrogens is 325 g/mol. The Hall–Kier alpha value is -2.48. The number of esters is 1. The van der Waals surface area contributed by atoms with Gasteiger partial charge in [0.25, 0.3) is 0 Å². The molecule has 0 radical (unpaired) electrons. The monoisotopic (exact) mass is 340 g/mol. The SMILES string of the molecule is CCOC(=O)c1cnc(-c2ccccc2)nc1COCC(F)(F)F. The average Bonchev–Trinajstić information content (AvgIpc) is 2.54. The third-order valence-corrected chi connectivity index (χ3v) is 2.90. The zero-order valence-electron chi connectivity index (χ0n) is 12.8.